The Bertz CT molecular complexity index is 397. The molecule has 1 amide bonds. The van der Waals surface area contributed by atoms with Crippen molar-refractivity contribution >= 4 is 24.0 Å². The largest absolute Gasteiger partial charge is 0.497 e. The smallest absolute Gasteiger partial charge is 0.241 e. The van der Waals surface area contributed by atoms with Crippen molar-refractivity contribution in [1.29, 1.82) is 0 Å². The molecule has 0 bridgehead atoms. The third-order valence-corrected chi connectivity index (χ3v) is 2.78. The van der Waals surface area contributed by atoms with Gasteiger partial charge in [0, 0.05) is 12.2 Å². The van der Waals surface area contributed by atoms with E-state index in [0.717, 1.165) is 11.4 Å². The van der Waals surface area contributed by atoms with Crippen molar-refractivity contribution in [3.05, 3.63) is 24.3 Å². The van der Waals surface area contributed by atoms with E-state index >= 15 is 0 Å². The number of rotatable bonds is 3. The van der Waals surface area contributed by atoms with Crippen molar-refractivity contribution in [1.82, 2.24) is 5.32 Å². The number of carbonyl (C=O) groups excluding carboxylic acids is 1. The van der Waals surface area contributed by atoms with Gasteiger partial charge in [0.25, 0.3) is 0 Å². The zero-order valence-corrected chi connectivity index (χ0v) is 10.9. The fraction of sp³-hybridized carbons (Fsp3) is 0.417. The van der Waals surface area contributed by atoms with E-state index < -0.39 is 6.10 Å². The van der Waals surface area contributed by atoms with Gasteiger partial charge < -0.3 is 20.5 Å². The van der Waals surface area contributed by atoms with Crippen LogP contribution in [0.5, 0.6) is 5.75 Å². The lowest BCUT2D eigenvalue weighted by Gasteiger charge is -2.11. The minimum absolute atomic E-state index is 0. The van der Waals surface area contributed by atoms with Crippen molar-refractivity contribution < 1.29 is 14.6 Å². The molecule has 0 aliphatic carbocycles. The topological polar surface area (TPSA) is 70.6 Å². The molecule has 100 valence electrons. The average Bonchev–Trinajstić information content (AvgIpc) is 2.77. The van der Waals surface area contributed by atoms with E-state index in [9.17, 15) is 9.90 Å². The number of benzene rings is 1. The highest BCUT2D eigenvalue weighted by molar-refractivity contribution is 5.95. The number of hydrogen-bond donors (Lipinski definition) is 3. The third kappa shape index (κ3) is 3.60. The molecule has 1 saturated heterocycles. The molecule has 1 fully saturated rings. The second-order valence-corrected chi connectivity index (χ2v) is 4.07. The van der Waals surface area contributed by atoms with Gasteiger partial charge in [-0.15, -0.1) is 12.4 Å². The highest BCUT2D eigenvalue weighted by atomic mass is 35.5. The van der Waals surface area contributed by atoms with E-state index in [1.165, 1.54) is 0 Å². The number of carbonyl (C=O) groups is 1. The van der Waals surface area contributed by atoms with Gasteiger partial charge in [0.05, 0.1) is 19.3 Å². The molecule has 1 aliphatic rings. The van der Waals surface area contributed by atoms with Crippen molar-refractivity contribution in [2.45, 2.75) is 18.6 Å². The van der Waals surface area contributed by atoms with Gasteiger partial charge in [0.15, 0.2) is 0 Å². The fourth-order valence-corrected chi connectivity index (χ4v) is 1.82. The molecule has 6 heteroatoms. The van der Waals surface area contributed by atoms with Crippen LogP contribution in [0.4, 0.5) is 5.69 Å². The second-order valence-electron chi connectivity index (χ2n) is 4.07. The number of anilines is 1. The molecule has 2 unspecified atom stereocenters. The molecule has 3 N–H and O–H groups in total. The van der Waals surface area contributed by atoms with Crippen molar-refractivity contribution in [3.8, 4) is 5.75 Å². The Morgan fingerprint density at radius 1 is 1.44 bits per heavy atom. The highest BCUT2D eigenvalue weighted by Crippen LogP contribution is 2.16. The van der Waals surface area contributed by atoms with Crippen molar-refractivity contribution in [3.63, 3.8) is 0 Å². The molecular formula is C12H17ClN2O3. The fourth-order valence-electron chi connectivity index (χ4n) is 1.82. The summed E-state index contributed by atoms with van der Waals surface area (Å²) in [6.45, 7) is 0.473. The van der Waals surface area contributed by atoms with Crippen LogP contribution in [0.3, 0.4) is 0 Å². The van der Waals surface area contributed by atoms with Crippen LogP contribution in [0.1, 0.15) is 6.42 Å². The Morgan fingerprint density at radius 3 is 2.61 bits per heavy atom. The van der Waals surface area contributed by atoms with Gasteiger partial charge in [0.2, 0.25) is 5.91 Å². The van der Waals surface area contributed by atoms with E-state index in [0.29, 0.717) is 13.0 Å². The van der Waals surface area contributed by atoms with Crippen LogP contribution in [0, 0.1) is 0 Å². The number of halogens is 1. The van der Waals surface area contributed by atoms with Crippen LogP contribution < -0.4 is 15.4 Å². The van der Waals surface area contributed by atoms with Crippen LogP contribution in [-0.2, 0) is 4.79 Å². The van der Waals surface area contributed by atoms with Crippen molar-refractivity contribution in [2.75, 3.05) is 19.0 Å². The SMILES string of the molecule is COc1ccc(NC(=O)C2CC(O)CN2)cc1.Cl. The van der Waals surface area contributed by atoms with E-state index in [-0.39, 0.29) is 24.4 Å². The summed E-state index contributed by atoms with van der Waals surface area (Å²) in [5, 5.41) is 15.1. The molecule has 1 aromatic rings. The quantitative estimate of drug-likeness (QED) is 0.760. The van der Waals surface area contributed by atoms with E-state index in [1.807, 2.05) is 0 Å². The first kappa shape index (κ1) is 14.8. The minimum Gasteiger partial charge on any atom is -0.497 e. The molecule has 5 nitrogen and oxygen atoms in total. The van der Waals surface area contributed by atoms with Crippen LogP contribution >= 0.6 is 12.4 Å². The summed E-state index contributed by atoms with van der Waals surface area (Å²) >= 11 is 0. The Balaban J connectivity index is 0.00000162. The summed E-state index contributed by atoms with van der Waals surface area (Å²) < 4.78 is 5.03. The Kier molecular flexibility index (Phi) is 5.40. The molecule has 0 aromatic heterocycles. The van der Waals surface area contributed by atoms with Gasteiger partial charge in [-0.25, -0.2) is 0 Å². The predicted octanol–water partition coefficient (Wildman–Crippen LogP) is 0.778. The number of amides is 1. The molecular weight excluding hydrogens is 256 g/mol. The summed E-state index contributed by atoms with van der Waals surface area (Å²) in [5.74, 6) is 0.629. The maximum Gasteiger partial charge on any atom is 0.241 e. The first-order valence-electron chi connectivity index (χ1n) is 5.55. The molecule has 0 saturated carbocycles. The lowest BCUT2D eigenvalue weighted by atomic mass is 10.2. The van der Waals surface area contributed by atoms with Crippen LogP contribution in [0.25, 0.3) is 0 Å². The number of nitrogens with one attached hydrogen (secondary N) is 2. The molecule has 1 aliphatic heterocycles. The Labute approximate surface area is 112 Å². The molecule has 1 heterocycles. The number of ether oxygens (including phenoxy) is 1. The van der Waals surface area contributed by atoms with Gasteiger partial charge >= 0.3 is 0 Å². The summed E-state index contributed by atoms with van der Waals surface area (Å²) in [6.07, 6.45) is 0.0312. The van der Waals surface area contributed by atoms with Crippen LogP contribution in [0.2, 0.25) is 0 Å². The van der Waals surface area contributed by atoms with Gasteiger partial charge in [0.1, 0.15) is 5.75 Å². The van der Waals surface area contributed by atoms with Gasteiger partial charge in [-0.05, 0) is 30.7 Å². The van der Waals surface area contributed by atoms with Gasteiger partial charge in [-0.2, -0.15) is 0 Å². The highest BCUT2D eigenvalue weighted by Gasteiger charge is 2.27. The maximum absolute atomic E-state index is 11.8. The Morgan fingerprint density at radius 2 is 2.11 bits per heavy atom. The lowest BCUT2D eigenvalue weighted by Crippen LogP contribution is -2.35. The first-order chi connectivity index (χ1) is 8.19. The molecule has 0 radical (unpaired) electrons. The van der Waals surface area contributed by atoms with Crippen LogP contribution in [0.15, 0.2) is 24.3 Å². The zero-order chi connectivity index (χ0) is 12.3. The normalized spacial score (nSPS) is 22.1. The summed E-state index contributed by atoms with van der Waals surface area (Å²) in [7, 11) is 1.59. The standard InChI is InChI=1S/C12H16N2O3.ClH/c1-17-10-4-2-8(3-5-10)14-12(16)11-6-9(15)7-13-11;/h2-5,9,11,13,15H,6-7H2,1H3,(H,14,16);1H. The van der Waals surface area contributed by atoms with Crippen molar-refractivity contribution in [2.24, 2.45) is 0 Å². The number of aliphatic hydroxyl groups excluding tert-OH is 1. The number of aliphatic hydroxyl groups is 1. The summed E-state index contributed by atoms with van der Waals surface area (Å²) in [6, 6.07) is 6.82. The molecule has 0 spiro atoms. The second kappa shape index (κ2) is 6.58. The molecule has 2 atom stereocenters. The number of β-amino-alcohol motifs (C(OH)–C–C–N with tert-alkyl or cyclic N) is 1. The third-order valence-electron chi connectivity index (χ3n) is 2.78. The summed E-state index contributed by atoms with van der Waals surface area (Å²) in [5.41, 5.74) is 0.721. The molecule has 1 aromatic carbocycles. The zero-order valence-electron chi connectivity index (χ0n) is 10.1. The van der Waals surface area contributed by atoms with Gasteiger partial charge in [-0.1, -0.05) is 0 Å². The number of methoxy groups -OCH3 is 1. The lowest BCUT2D eigenvalue weighted by molar-refractivity contribution is -0.117. The predicted molar refractivity (Wildman–Crippen MR) is 71.3 cm³/mol. The maximum atomic E-state index is 11.8. The monoisotopic (exact) mass is 272 g/mol. The van der Waals surface area contributed by atoms with Crippen LogP contribution in [-0.4, -0.2) is 36.8 Å². The summed E-state index contributed by atoms with van der Waals surface area (Å²) in [4.78, 5) is 11.8. The van der Waals surface area contributed by atoms with E-state index in [2.05, 4.69) is 10.6 Å². The molecule has 2 rings (SSSR count). The average molecular weight is 273 g/mol. The van der Waals surface area contributed by atoms with Gasteiger partial charge in [-0.3, -0.25) is 4.79 Å². The Hall–Kier alpha value is -1.30. The van der Waals surface area contributed by atoms with E-state index in [4.69, 9.17) is 4.74 Å². The first-order valence-corrected chi connectivity index (χ1v) is 5.55. The number of hydrogen-bond acceptors (Lipinski definition) is 4. The van der Waals surface area contributed by atoms with E-state index in [1.54, 1.807) is 31.4 Å². The minimum atomic E-state index is -0.429. The molecule has 18 heavy (non-hydrogen) atoms.